The van der Waals surface area contributed by atoms with E-state index in [1.807, 2.05) is 0 Å². The first-order chi connectivity index (χ1) is 4.06. The van der Waals surface area contributed by atoms with Crippen LogP contribution in [0.25, 0.3) is 0 Å². The second kappa shape index (κ2) is 9.58. The molecule has 0 heterocycles. The number of rotatable bonds is 2. The summed E-state index contributed by atoms with van der Waals surface area (Å²) in [5.74, 6) is 0. The molecule has 0 N–H and O–H groups in total. The van der Waals surface area contributed by atoms with Crippen LogP contribution in [0, 0.1) is 13.5 Å². The fourth-order valence-electron chi connectivity index (χ4n) is 0.354. The summed E-state index contributed by atoms with van der Waals surface area (Å²) in [6.07, 6.45) is 1.77. The molecule has 0 nitrogen and oxygen atoms in total. The van der Waals surface area contributed by atoms with Crippen molar-refractivity contribution in [1.29, 1.82) is 0 Å². The van der Waals surface area contributed by atoms with Crippen molar-refractivity contribution in [3.8, 4) is 0 Å². The summed E-state index contributed by atoms with van der Waals surface area (Å²) >= 11 is 0. The minimum atomic E-state index is -0.838. The average molecular weight is 208 g/mol. The van der Waals surface area contributed by atoms with Gasteiger partial charge in [-0.05, 0) is 0 Å². The molecule has 0 aromatic rings. The molecule has 0 aromatic heterocycles. The van der Waals surface area contributed by atoms with Crippen molar-refractivity contribution in [2.75, 3.05) is 0 Å². The Kier molecular flexibility index (Phi) is 16.2. The Morgan fingerprint density at radius 2 is 1.60 bits per heavy atom. The van der Waals surface area contributed by atoms with E-state index in [0.29, 0.717) is 0 Å². The fraction of sp³-hybridized carbons (Fsp3) is 0.625. The molecule has 0 unspecified atom stereocenters. The van der Waals surface area contributed by atoms with Crippen LogP contribution in [-0.4, -0.2) is 8.07 Å². The SMILES string of the molecule is [CH-]=CC[Si](C)(C)C.[CH2-]C.[Zn+2]. The molecule has 0 radical (unpaired) electrons. The summed E-state index contributed by atoms with van der Waals surface area (Å²) in [6, 6.07) is 1.13. The smallest absolute Gasteiger partial charge is 0.518 e. The van der Waals surface area contributed by atoms with E-state index in [4.69, 9.17) is 6.58 Å². The first kappa shape index (κ1) is 16.9. The molecular formula is C8H18SiZn. The van der Waals surface area contributed by atoms with Gasteiger partial charge in [0.15, 0.2) is 0 Å². The second-order valence-electron chi connectivity index (χ2n) is 3.00. The third-order valence-electron chi connectivity index (χ3n) is 0.730. The van der Waals surface area contributed by atoms with Gasteiger partial charge >= 0.3 is 19.5 Å². The summed E-state index contributed by atoms with van der Waals surface area (Å²) in [6.45, 7) is 17.1. The van der Waals surface area contributed by atoms with E-state index in [1.165, 1.54) is 0 Å². The molecule has 0 rings (SSSR count). The molecule has 0 spiro atoms. The summed E-state index contributed by atoms with van der Waals surface area (Å²) in [7, 11) is -0.838. The van der Waals surface area contributed by atoms with Crippen LogP contribution in [0.15, 0.2) is 6.08 Å². The molecule has 10 heavy (non-hydrogen) atoms. The molecule has 0 saturated heterocycles. The zero-order valence-corrected chi connectivity index (χ0v) is 11.7. The van der Waals surface area contributed by atoms with Gasteiger partial charge in [-0.25, -0.2) is 0 Å². The van der Waals surface area contributed by atoms with Crippen LogP contribution in [0.3, 0.4) is 0 Å². The van der Waals surface area contributed by atoms with Crippen LogP contribution in [0.4, 0.5) is 0 Å². The predicted molar refractivity (Wildman–Crippen MR) is 48.1 cm³/mol. The average Bonchev–Trinajstić information content (AvgIpc) is 1.69. The standard InChI is InChI=1S/C6H13Si.C2H5.Zn/c1-5-6-7(2,3)4;1-2;/h1,5H,6H2,2-4H3;1H2,2H3;/q2*-1;+2. The molecule has 2 heteroatoms. The van der Waals surface area contributed by atoms with Crippen molar-refractivity contribution in [3.05, 3.63) is 19.6 Å². The Morgan fingerprint density at radius 1 is 1.30 bits per heavy atom. The van der Waals surface area contributed by atoms with E-state index < -0.39 is 8.07 Å². The van der Waals surface area contributed by atoms with Crippen molar-refractivity contribution in [3.63, 3.8) is 0 Å². The maximum Gasteiger partial charge on any atom is 2.00 e. The van der Waals surface area contributed by atoms with Gasteiger partial charge in [0.1, 0.15) is 0 Å². The van der Waals surface area contributed by atoms with Crippen LogP contribution in [0.2, 0.25) is 25.7 Å². The first-order valence-corrected chi connectivity index (χ1v) is 7.01. The van der Waals surface area contributed by atoms with Gasteiger partial charge in [0.05, 0.1) is 0 Å². The van der Waals surface area contributed by atoms with Gasteiger partial charge in [-0.1, -0.05) is 25.7 Å². The summed E-state index contributed by atoms with van der Waals surface area (Å²) < 4.78 is 0. The van der Waals surface area contributed by atoms with Crippen LogP contribution in [0.1, 0.15) is 6.92 Å². The Balaban J connectivity index is -0.000000149. The van der Waals surface area contributed by atoms with E-state index in [0.717, 1.165) is 6.04 Å². The molecule has 56 valence electrons. The van der Waals surface area contributed by atoms with Crippen molar-refractivity contribution in [2.24, 2.45) is 0 Å². The minimum Gasteiger partial charge on any atom is -0.518 e. The second-order valence-corrected chi connectivity index (χ2v) is 8.53. The van der Waals surface area contributed by atoms with Gasteiger partial charge < -0.3 is 13.5 Å². The fourth-order valence-corrected chi connectivity index (χ4v) is 1.06. The van der Waals surface area contributed by atoms with E-state index in [1.54, 1.807) is 13.0 Å². The van der Waals surface area contributed by atoms with Gasteiger partial charge in [0, 0.05) is 8.07 Å². The summed E-state index contributed by atoms with van der Waals surface area (Å²) in [5.41, 5.74) is 0. The van der Waals surface area contributed by atoms with Gasteiger partial charge in [0.25, 0.3) is 0 Å². The molecule has 0 bridgehead atoms. The maximum absolute atomic E-state index is 5.22. The maximum atomic E-state index is 5.22. The van der Waals surface area contributed by atoms with Gasteiger partial charge in [0.2, 0.25) is 0 Å². The quantitative estimate of drug-likeness (QED) is 0.482. The van der Waals surface area contributed by atoms with E-state index in [2.05, 4.69) is 26.6 Å². The van der Waals surface area contributed by atoms with E-state index >= 15 is 0 Å². The topological polar surface area (TPSA) is 0 Å². The normalized spacial score (nSPS) is 8.50. The van der Waals surface area contributed by atoms with Crippen LogP contribution in [0.5, 0.6) is 0 Å². The Bertz CT molecular complexity index is 64.1. The summed E-state index contributed by atoms with van der Waals surface area (Å²) in [4.78, 5) is 0. The minimum absolute atomic E-state index is 0. The molecule has 0 aromatic carbocycles. The monoisotopic (exact) mass is 206 g/mol. The third kappa shape index (κ3) is 23.5. The van der Waals surface area contributed by atoms with Crippen LogP contribution < -0.4 is 0 Å². The van der Waals surface area contributed by atoms with Gasteiger partial charge in [-0.15, -0.1) is 0 Å². The zero-order chi connectivity index (χ0) is 7.91. The van der Waals surface area contributed by atoms with Crippen molar-refractivity contribution >= 4 is 8.07 Å². The molecule has 0 amide bonds. The molecule has 0 fully saturated rings. The molecular weight excluding hydrogens is 190 g/mol. The number of hydrogen-bond acceptors (Lipinski definition) is 0. The van der Waals surface area contributed by atoms with E-state index in [9.17, 15) is 0 Å². The third-order valence-corrected chi connectivity index (χ3v) is 2.19. The molecule has 0 aliphatic heterocycles. The molecule has 0 aliphatic carbocycles. The van der Waals surface area contributed by atoms with Crippen molar-refractivity contribution in [2.45, 2.75) is 32.6 Å². The first-order valence-electron chi connectivity index (χ1n) is 3.30. The van der Waals surface area contributed by atoms with Gasteiger partial charge in [-0.2, -0.15) is 6.92 Å². The number of allylic oxidation sites excluding steroid dienone is 1. The van der Waals surface area contributed by atoms with Crippen LogP contribution >= 0.6 is 0 Å². The summed E-state index contributed by atoms with van der Waals surface area (Å²) in [5, 5.41) is 0. The Hall–Kier alpha value is 0.580. The predicted octanol–water partition coefficient (Wildman–Crippen LogP) is 3.15. The Labute approximate surface area is 79.9 Å². The molecule has 0 atom stereocenters. The number of hydrogen-bond donors (Lipinski definition) is 0. The zero-order valence-electron chi connectivity index (χ0n) is 7.78. The molecule has 0 saturated carbocycles. The van der Waals surface area contributed by atoms with Crippen LogP contribution in [-0.2, 0) is 19.5 Å². The van der Waals surface area contributed by atoms with Gasteiger partial charge in [-0.3, -0.25) is 6.08 Å². The largest absolute Gasteiger partial charge is 2.00 e. The molecule has 0 aliphatic rings. The van der Waals surface area contributed by atoms with E-state index in [-0.39, 0.29) is 19.5 Å². The van der Waals surface area contributed by atoms with Crippen molar-refractivity contribution < 1.29 is 19.5 Å². The van der Waals surface area contributed by atoms with Crippen molar-refractivity contribution in [1.82, 2.24) is 0 Å². The Morgan fingerprint density at radius 3 is 1.60 bits per heavy atom.